The minimum absolute atomic E-state index is 0.100. The van der Waals surface area contributed by atoms with Gasteiger partial charge in [0.05, 0.1) is 6.61 Å². The third-order valence-electron chi connectivity index (χ3n) is 4.20. The van der Waals surface area contributed by atoms with Crippen LogP contribution in [0.1, 0.15) is 45.5 Å². The molecule has 1 aliphatic heterocycles. The van der Waals surface area contributed by atoms with E-state index in [-0.39, 0.29) is 5.78 Å². The zero-order chi connectivity index (χ0) is 14.8. The van der Waals surface area contributed by atoms with Crippen LogP contribution in [0.5, 0.6) is 5.75 Å². The van der Waals surface area contributed by atoms with Gasteiger partial charge in [0.15, 0.2) is 5.78 Å². The highest BCUT2D eigenvalue weighted by molar-refractivity contribution is 6.10. The maximum atomic E-state index is 12.8. The van der Waals surface area contributed by atoms with E-state index in [2.05, 4.69) is 0 Å². The van der Waals surface area contributed by atoms with Crippen LogP contribution in [0, 0.1) is 13.8 Å². The second-order valence-corrected chi connectivity index (χ2v) is 5.67. The van der Waals surface area contributed by atoms with Gasteiger partial charge in [0.1, 0.15) is 5.75 Å². The Labute approximate surface area is 125 Å². The van der Waals surface area contributed by atoms with Gasteiger partial charge in [-0.25, -0.2) is 0 Å². The van der Waals surface area contributed by atoms with Crippen LogP contribution in [0.2, 0.25) is 0 Å². The number of fused-ring (bicyclic) bond motifs is 1. The maximum absolute atomic E-state index is 12.8. The van der Waals surface area contributed by atoms with E-state index in [1.54, 1.807) is 0 Å². The van der Waals surface area contributed by atoms with Crippen LogP contribution in [-0.4, -0.2) is 12.4 Å². The number of benzene rings is 2. The molecule has 0 amide bonds. The Balaban J connectivity index is 2.10. The first-order chi connectivity index (χ1) is 10.2. The fourth-order valence-corrected chi connectivity index (χ4v) is 3.02. The lowest BCUT2D eigenvalue weighted by Gasteiger charge is -2.16. The Morgan fingerprint density at radius 2 is 1.86 bits per heavy atom. The Hall–Kier alpha value is -2.09. The summed E-state index contributed by atoms with van der Waals surface area (Å²) in [6.45, 7) is 4.85. The van der Waals surface area contributed by atoms with E-state index in [0.717, 1.165) is 53.9 Å². The van der Waals surface area contributed by atoms with Crippen molar-refractivity contribution in [1.29, 1.82) is 0 Å². The maximum Gasteiger partial charge on any atom is 0.193 e. The third-order valence-corrected chi connectivity index (χ3v) is 4.20. The Morgan fingerprint density at radius 3 is 2.62 bits per heavy atom. The minimum Gasteiger partial charge on any atom is -0.493 e. The summed E-state index contributed by atoms with van der Waals surface area (Å²) in [6, 6.07) is 11.5. The summed E-state index contributed by atoms with van der Waals surface area (Å²) in [7, 11) is 0. The highest BCUT2D eigenvalue weighted by Crippen LogP contribution is 2.33. The molecule has 0 saturated carbocycles. The van der Waals surface area contributed by atoms with Gasteiger partial charge in [-0.3, -0.25) is 4.79 Å². The highest BCUT2D eigenvalue weighted by atomic mass is 16.5. The molecule has 2 aromatic rings. The number of hydrogen-bond acceptors (Lipinski definition) is 2. The first-order valence-electron chi connectivity index (χ1n) is 7.54. The predicted molar refractivity (Wildman–Crippen MR) is 84.2 cm³/mol. The van der Waals surface area contributed by atoms with E-state index in [1.165, 1.54) is 5.56 Å². The van der Waals surface area contributed by atoms with Crippen LogP contribution in [0.3, 0.4) is 0 Å². The molecule has 0 aromatic heterocycles. The van der Waals surface area contributed by atoms with Crippen LogP contribution < -0.4 is 4.74 Å². The molecule has 1 heterocycles. The van der Waals surface area contributed by atoms with Crippen molar-refractivity contribution >= 4 is 5.78 Å². The molecule has 2 heteroatoms. The average Bonchev–Trinajstić information content (AvgIpc) is 2.77. The fraction of sp³-hybridized carbons (Fsp3) is 0.316. The summed E-state index contributed by atoms with van der Waals surface area (Å²) in [5, 5.41) is 0. The van der Waals surface area contributed by atoms with Crippen LogP contribution in [-0.2, 0) is 6.42 Å². The monoisotopic (exact) mass is 280 g/mol. The number of ether oxygens (including phenoxy) is 1. The van der Waals surface area contributed by atoms with Crippen molar-refractivity contribution in [3.63, 3.8) is 0 Å². The number of rotatable bonds is 2. The average molecular weight is 280 g/mol. The molecule has 21 heavy (non-hydrogen) atoms. The zero-order valence-corrected chi connectivity index (χ0v) is 12.6. The van der Waals surface area contributed by atoms with E-state index in [1.807, 2.05) is 50.2 Å². The number of carbonyl (C=O) groups excluding carboxylic acids is 1. The van der Waals surface area contributed by atoms with Gasteiger partial charge in [-0.05, 0) is 55.9 Å². The van der Waals surface area contributed by atoms with E-state index in [4.69, 9.17) is 4.74 Å². The quantitative estimate of drug-likeness (QED) is 0.769. The summed E-state index contributed by atoms with van der Waals surface area (Å²) in [5.74, 6) is 1.10. The van der Waals surface area contributed by atoms with Crippen LogP contribution in [0.25, 0.3) is 0 Å². The van der Waals surface area contributed by atoms with Gasteiger partial charge in [0, 0.05) is 11.1 Å². The van der Waals surface area contributed by atoms with Gasteiger partial charge in [-0.2, -0.15) is 0 Å². The summed E-state index contributed by atoms with van der Waals surface area (Å²) >= 11 is 0. The molecule has 2 nitrogen and oxygen atoms in total. The van der Waals surface area contributed by atoms with E-state index < -0.39 is 0 Å². The number of hydrogen-bond donors (Lipinski definition) is 0. The van der Waals surface area contributed by atoms with Crippen molar-refractivity contribution < 1.29 is 9.53 Å². The molecule has 108 valence electrons. The molecule has 3 rings (SSSR count). The largest absolute Gasteiger partial charge is 0.493 e. The molecule has 0 radical (unpaired) electrons. The van der Waals surface area contributed by atoms with Gasteiger partial charge in [0.2, 0.25) is 0 Å². The number of aryl methyl sites for hydroxylation is 1. The van der Waals surface area contributed by atoms with E-state index >= 15 is 0 Å². The summed E-state index contributed by atoms with van der Waals surface area (Å²) in [5.41, 5.74) is 4.91. The van der Waals surface area contributed by atoms with Gasteiger partial charge < -0.3 is 4.74 Å². The summed E-state index contributed by atoms with van der Waals surface area (Å²) in [4.78, 5) is 12.8. The van der Waals surface area contributed by atoms with Crippen LogP contribution in [0.4, 0.5) is 0 Å². The lowest BCUT2D eigenvalue weighted by molar-refractivity contribution is 0.103. The first kappa shape index (κ1) is 13.9. The van der Waals surface area contributed by atoms with E-state index in [9.17, 15) is 4.79 Å². The molecule has 0 saturated heterocycles. The zero-order valence-electron chi connectivity index (χ0n) is 12.6. The molecule has 0 unspecified atom stereocenters. The van der Waals surface area contributed by atoms with Gasteiger partial charge >= 0.3 is 0 Å². The SMILES string of the molecule is Cc1cc(C(=O)c2ccccc2)c(C)c2c1OCCCC2. The summed E-state index contributed by atoms with van der Waals surface area (Å²) in [6.07, 6.45) is 3.20. The highest BCUT2D eigenvalue weighted by Gasteiger charge is 2.20. The van der Waals surface area contributed by atoms with Crippen molar-refractivity contribution in [3.05, 3.63) is 64.2 Å². The number of carbonyl (C=O) groups is 1. The predicted octanol–water partition coefficient (Wildman–Crippen LogP) is 4.25. The molecule has 0 spiro atoms. The molecular weight excluding hydrogens is 260 g/mol. The Kier molecular flexibility index (Phi) is 3.78. The first-order valence-corrected chi connectivity index (χ1v) is 7.54. The van der Waals surface area contributed by atoms with Crippen molar-refractivity contribution in [2.24, 2.45) is 0 Å². The lowest BCUT2D eigenvalue weighted by Crippen LogP contribution is -2.08. The molecule has 0 N–H and O–H groups in total. The van der Waals surface area contributed by atoms with Gasteiger partial charge in [-0.15, -0.1) is 0 Å². The molecule has 0 atom stereocenters. The Morgan fingerprint density at radius 1 is 1.10 bits per heavy atom. The second-order valence-electron chi connectivity index (χ2n) is 5.67. The van der Waals surface area contributed by atoms with Crippen molar-refractivity contribution in [1.82, 2.24) is 0 Å². The minimum atomic E-state index is 0.100. The molecule has 0 aliphatic carbocycles. The van der Waals surface area contributed by atoms with Crippen molar-refractivity contribution in [2.75, 3.05) is 6.61 Å². The second kappa shape index (κ2) is 5.72. The molecular formula is C19H20O2. The van der Waals surface area contributed by atoms with Crippen LogP contribution in [0.15, 0.2) is 36.4 Å². The third kappa shape index (κ3) is 2.58. The van der Waals surface area contributed by atoms with Gasteiger partial charge in [-0.1, -0.05) is 30.3 Å². The summed E-state index contributed by atoms with van der Waals surface area (Å²) < 4.78 is 5.89. The van der Waals surface area contributed by atoms with Crippen LogP contribution >= 0.6 is 0 Å². The smallest absolute Gasteiger partial charge is 0.193 e. The number of ketones is 1. The lowest BCUT2D eigenvalue weighted by atomic mass is 9.91. The molecule has 1 aliphatic rings. The van der Waals surface area contributed by atoms with Gasteiger partial charge in [0.25, 0.3) is 0 Å². The molecule has 2 aromatic carbocycles. The normalized spacial score (nSPS) is 14.0. The van der Waals surface area contributed by atoms with Crippen molar-refractivity contribution in [2.45, 2.75) is 33.1 Å². The Bertz CT molecular complexity index is 672. The fourth-order valence-electron chi connectivity index (χ4n) is 3.02. The standard InChI is InChI=1S/C19H20O2/c1-13-12-17(18(20)15-8-4-3-5-9-15)14(2)16-10-6-7-11-21-19(13)16/h3-5,8-9,12H,6-7,10-11H2,1-2H3. The van der Waals surface area contributed by atoms with Crippen molar-refractivity contribution in [3.8, 4) is 5.75 Å². The molecule has 0 fully saturated rings. The van der Waals surface area contributed by atoms with E-state index in [0.29, 0.717) is 0 Å². The molecule has 0 bridgehead atoms. The topological polar surface area (TPSA) is 26.3 Å².